The Morgan fingerprint density at radius 1 is 0.941 bits per heavy atom. The fourth-order valence-corrected chi connectivity index (χ4v) is 4.14. The fourth-order valence-electron chi connectivity index (χ4n) is 4.14. The molecule has 0 spiro atoms. The van der Waals surface area contributed by atoms with Crippen molar-refractivity contribution in [2.75, 3.05) is 12.4 Å². The minimum Gasteiger partial charge on any atom is -0.493 e. The summed E-state index contributed by atoms with van der Waals surface area (Å²) in [5.74, 6) is 1.16. The van der Waals surface area contributed by atoms with Crippen LogP contribution in [0, 0.1) is 0 Å². The van der Waals surface area contributed by atoms with Crippen LogP contribution < -0.4 is 20.3 Å². The van der Waals surface area contributed by atoms with E-state index in [0.29, 0.717) is 29.5 Å². The summed E-state index contributed by atoms with van der Waals surface area (Å²) in [6, 6.07) is 24.7. The molecular formula is C27H23N3O4. The first-order valence-electron chi connectivity index (χ1n) is 11.0. The number of nitrogens with one attached hydrogen (secondary N) is 2. The Hall–Kier alpha value is -4.39. The van der Waals surface area contributed by atoms with Gasteiger partial charge in [-0.3, -0.25) is 9.59 Å². The van der Waals surface area contributed by atoms with Crippen LogP contribution in [-0.2, 0) is 11.4 Å². The number of anilines is 1. The highest BCUT2D eigenvalue weighted by Gasteiger charge is 2.31. The largest absolute Gasteiger partial charge is 0.493 e. The minimum atomic E-state index is -0.457. The predicted molar refractivity (Wildman–Crippen MR) is 129 cm³/mol. The van der Waals surface area contributed by atoms with Crippen molar-refractivity contribution in [3.8, 4) is 22.9 Å². The second kappa shape index (κ2) is 9.23. The number of amides is 1. The number of nitrogens with zero attached hydrogens (tertiary/aromatic N) is 1. The number of carbonyl (C=O) groups is 1. The summed E-state index contributed by atoms with van der Waals surface area (Å²) in [6.45, 7) is 0.400. The molecular weight excluding hydrogens is 430 g/mol. The Bertz CT molecular complexity index is 1380. The Balaban J connectivity index is 1.48. The van der Waals surface area contributed by atoms with Crippen molar-refractivity contribution < 1.29 is 14.3 Å². The first-order valence-corrected chi connectivity index (χ1v) is 11.0. The number of fused-ring (bicyclic) bond motifs is 1. The van der Waals surface area contributed by atoms with Crippen LogP contribution in [0.3, 0.4) is 0 Å². The number of methoxy groups -OCH3 is 1. The van der Waals surface area contributed by atoms with Crippen LogP contribution in [0.15, 0.2) is 83.7 Å². The summed E-state index contributed by atoms with van der Waals surface area (Å²) in [5, 5.41) is 2.76. The minimum absolute atomic E-state index is 0.135. The monoisotopic (exact) mass is 453 g/mol. The molecule has 0 fully saturated rings. The van der Waals surface area contributed by atoms with Crippen LogP contribution in [-0.4, -0.2) is 23.0 Å². The summed E-state index contributed by atoms with van der Waals surface area (Å²) >= 11 is 0. The maximum absolute atomic E-state index is 13.1. The van der Waals surface area contributed by atoms with Crippen molar-refractivity contribution in [1.82, 2.24) is 9.97 Å². The van der Waals surface area contributed by atoms with Crippen LogP contribution in [0.1, 0.15) is 29.0 Å². The average Bonchev–Trinajstić information content (AvgIpc) is 2.87. The van der Waals surface area contributed by atoms with Gasteiger partial charge in [0.2, 0.25) is 5.91 Å². The topological polar surface area (TPSA) is 93.3 Å². The molecule has 1 amide bonds. The van der Waals surface area contributed by atoms with Gasteiger partial charge in [0.25, 0.3) is 5.56 Å². The van der Waals surface area contributed by atoms with Gasteiger partial charge in [-0.05, 0) is 23.3 Å². The molecule has 0 aliphatic carbocycles. The highest BCUT2D eigenvalue weighted by atomic mass is 16.5. The second-order valence-corrected chi connectivity index (χ2v) is 8.03. The zero-order valence-corrected chi connectivity index (χ0v) is 18.6. The lowest BCUT2D eigenvalue weighted by Crippen LogP contribution is -2.31. The van der Waals surface area contributed by atoms with Crippen LogP contribution in [0.2, 0.25) is 0 Å². The van der Waals surface area contributed by atoms with Crippen molar-refractivity contribution in [2.45, 2.75) is 18.9 Å². The third kappa shape index (κ3) is 4.28. The van der Waals surface area contributed by atoms with Crippen LogP contribution in [0.5, 0.6) is 11.5 Å². The molecule has 0 radical (unpaired) electrons. The number of aromatic nitrogens is 2. The van der Waals surface area contributed by atoms with E-state index in [1.807, 2.05) is 78.9 Å². The number of hydrogen-bond acceptors (Lipinski definition) is 5. The molecule has 1 atom stereocenters. The van der Waals surface area contributed by atoms with Gasteiger partial charge >= 0.3 is 0 Å². The normalized spacial score (nSPS) is 14.7. The van der Waals surface area contributed by atoms with Gasteiger partial charge in [-0.25, -0.2) is 4.98 Å². The van der Waals surface area contributed by atoms with E-state index < -0.39 is 5.92 Å². The lowest BCUT2D eigenvalue weighted by atomic mass is 9.86. The van der Waals surface area contributed by atoms with E-state index in [1.165, 1.54) is 0 Å². The molecule has 1 unspecified atom stereocenters. The Morgan fingerprint density at radius 3 is 2.41 bits per heavy atom. The number of benzene rings is 3. The SMILES string of the molecule is COc1cc(C2CC(=O)Nc3nc(-c4ccccc4)[nH]c(=O)c32)ccc1OCc1ccccc1. The maximum atomic E-state index is 13.1. The Kier molecular flexibility index (Phi) is 5.82. The van der Waals surface area contributed by atoms with Gasteiger partial charge in [-0.2, -0.15) is 0 Å². The van der Waals surface area contributed by atoms with Crippen LogP contribution in [0.4, 0.5) is 5.82 Å². The van der Waals surface area contributed by atoms with Crippen molar-refractivity contribution in [1.29, 1.82) is 0 Å². The number of aromatic amines is 1. The number of carbonyl (C=O) groups excluding carboxylic acids is 1. The smallest absolute Gasteiger partial charge is 0.257 e. The number of rotatable bonds is 6. The van der Waals surface area contributed by atoms with Crippen molar-refractivity contribution in [3.63, 3.8) is 0 Å². The molecule has 1 aromatic heterocycles. The quantitative estimate of drug-likeness (QED) is 0.448. The summed E-state index contributed by atoms with van der Waals surface area (Å²) in [6.07, 6.45) is 0.135. The van der Waals surface area contributed by atoms with E-state index in [-0.39, 0.29) is 23.7 Å². The lowest BCUT2D eigenvalue weighted by Gasteiger charge is -2.25. The molecule has 0 bridgehead atoms. The molecule has 3 aromatic carbocycles. The zero-order valence-electron chi connectivity index (χ0n) is 18.6. The highest BCUT2D eigenvalue weighted by Crippen LogP contribution is 2.38. The fraction of sp³-hybridized carbons (Fsp3) is 0.148. The summed E-state index contributed by atoms with van der Waals surface area (Å²) in [5.41, 5.74) is 2.73. The van der Waals surface area contributed by atoms with E-state index in [1.54, 1.807) is 7.11 Å². The Labute approximate surface area is 196 Å². The standard InChI is InChI=1S/C27H23N3O4/c1-33-22-14-19(12-13-21(22)34-16-17-8-4-2-5-9-17)20-15-23(31)28-26-24(20)27(32)30-25(29-26)18-10-6-3-7-11-18/h2-14,20H,15-16H2,1H3,(H2,28,29,30,31,32). The molecule has 1 aliphatic heterocycles. The number of H-pyrrole nitrogens is 1. The molecule has 34 heavy (non-hydrogen) atoms. The van der Waals surface area contributed by atoms with E-state index >= 15 is 0 Å². The molecule has 170 valence electrons. The number of ether oxygens (including phenoxy) is 2. The molecule has 0 saturated carbocycles. The molecule has 7 heteroatoms. The van der Waals surface area contributed by atoms with Gasteiger partial charge < -0.3 is 19.8 Å². The third-order valence-corrected chi connectivity index (χ3v) is 5.83. The molecule has 1 aliphatic rings. The maximum Gasteiger partial charge on any atom is 0.257 e. The first kappa shape index (κ1) is 21.5. The lowest BCUT2D eigenvalue weighted by molar-refractivity contribution is -0.116. The summed E-state index contributed by atoms with van der Waals surface area (Å²) in [4.78, 5) is 33.1. The van der Waals surface area contributed by atoms with Gasteiger partial charge in [-0.15, -0.1) is 0 Å². The summed E-state index contributed by atoms with van der Waals surface area (Å²) < 4.78 is 11.5. The Morgan fingerprint density at radius 2 is 1.68 bits per heavy atom. The van der Waals surface area contributed by atoms with Gasteiger partial charge in [-0.1, -0.05) is 66.7 Å². The molecule has 4 aromatic rings. The predicted octanol–water partition coefficient (Wildman–Crippen LogP) is 4.50. The second-order valence-electron chi connectivity index (χ2n) is 8.03. The third-order valence-electron chi connectivity index (χ3n) is 5.83. The summed E-state index contributed by atoms with van der Waals surface area (Å²) in [7, 11) is 1.57. The van der Waals surface area contributed by atoms with E-state index in [2.05, 4.69) is 15.3 Å². The van der Waals surface area contributed by atoms with Crippen LogP contribution >= 0.6 is 0 Å². The van der Waals surface area contributed by atoms with Crippen LogP contribution in [0.25, 0.3) is 11.4 Å². The van der Waals surface area contributed by atoms with E-state index in [9.17, 15) is 9.59 Å². The molecule has 2 heterocycles. The molecule has 7 nitrogen and oxygen atoms in total. The van der Waals surface area contributed by atoms with Gasteiger partial charge in [0, 0.05) is 17.9 Å². The van der Waals surface area contributed by atoms with Gasteiger partial charge in [0.1, 0.15) is 18.2 Å². The first-order chi connectivity index (χ1) is 16.6. The van der Waals surface area contributed by atoms with E-state index in [0.717, 1.165) is 16.7 Å². The van der Waals surface area contributed by atoms with E-state index in [4.69, 9.17) is 9.47 Å². The van der Waals surface area contributed by atoms with Gasteiger partial charge in [0.15, 0.2) is 11.5 Å². The number of hydrogen-bond donors (Lipinski definition) is 2. The molecule has 5 rings (SSSR count). The molecule has 0 saturated heterocycles. The average molecular weight is 453 g/mol. The zero-order chi connectivity index (χ0) is 23.5. The van der Waals surface area contributed by atoms with Crippen molar-refractivity contribution in [3.05, 3.63) is 106 Å². The van der Waals surface area contributed by atoms with Crippen molar-refractivity contribution in [2.24, 2.45) is 0 Å². The molecule has 2 N–H and O–H groups in total. The highest BCUT2D eigenvalue weighted by molar-refractivity contribution is 5.94. The van der Waals surface area contributed by atoms with Crippen molar-refractivity contribution >= 4 is 11.7 Å². The van der Waals surface area contributed by atoms with Gasteiger partial charge in [0.05, 0.1) is 12.7 Å².